The van der Waals surface area contributed by atoms with Gasteiger partial charge in [-0.05, 0) is 24.1 Å². The molecule has 0 spiro atoms. The molecule has 0 unspecified atom stereocenters. The zero-order valence-electron chi connectivity index (χ0n) is 8.22. The average Bonchev–Trinajstić information content (AvgIpc) is 2.18. The highest BCUT2D eigenvalue weighted by Gasteiger charge is 1.99. The van der Waals surface area contributed by atoms with Crippen molar-refractivity contribution >= 4 is 11.4 Å². The van der Waals surface area contributed by atoms with E-state index in [0.29, 0.717) is 0 Å². The van der Waals surface area contributed by atoms with Gasteiger partial charge in [0.05, 0.1) is 0 Å². The standard InChI is InChI=1S/C11H16N2/c1-3-5-11(12)9-6-4-7-10(8-9)13-2/h4,6-8,12-13H,3,5H2,1-2H3. The maximum absolute atomic E-state index is 7.77. The van der Waals surface area contributed by atoms with Gasteiger partial charge < -0.3 is 10.7 Å². The fraction of sp³-hybridized carbons (Fsp3) is 0.364. The zero-order valence-corrected chi connectivity index (χ0v) is 8.22. The SMILES string of the molecule is CCCC(=N)c1cccc(NC)c1. The van der Waals surface area contributed by atoms with E-state index in [9.17, 15) is 0 Å². The molecule has 0 atom stereocenters. The van der Waals surface area contributed by atoms with Crippen LogP contribution in [0.3, 0.4) is 0 Å². The highest BCUT2D eigenvalue weighted by molar-refractivity contribution is 5.98. The van der Waals surface area contributed by atoms with Crippen LogP contribution in [0.25, 0.3) is 0 Å². The van der Waals surface area contributed by atoms with E-state index in [1.54, 1.807) is 0 Å². The smallest absolute Gasteiger partial charge is 0.0386 e. The van der Waals surface area contributed by atoms with Crippen molar-refractivity contribution in [1.82, 2.24) is 0 Å². The van der Waals surface area contributed by atoms with Gasteiger partial charge in [-0.25, -0.2) is 0 Å². The summed E-state index contributed by atoms with van der Waals surface area (Å²) in [5.41, 5.74) is 2.81. The van der Waals surface area contributed by atoms with Gasteiger partial charge >= 0.3 is 0 Å². The maximum Gasteiger partial charge on any atom is 0.0386 e. The second-order valence-electron chi connectivity index (χ2n) is 3.06. The van der Waals surface area contributed by atoms with Gasteiger partial charge in [0, 0.05) is 18.4 Å². The Balaban J connectivity index is 2.82. The molecule has 0 saturated carbocycles. The van der Waals surface area contributed by atoms with E-state index in [-0.39, 0.29) is 0 Å². The molecule has 0 saturated heterocycles. The quantitative estimate of drug-likeness (QED) is 0.680. The number of anilines is 1. The summed E-state index contributed by atoms with van der Waals surface area (Å²) in [6.45, 7) is 2.09. The maximum atomic E-state index is 7.77. The number of nitrogens with one attached hydrogen (secondary N) is 2. The fourth-order valence-electron chi connectivity index (χ4n) is 1.26. The molecule has 0 amide bonds. The predicted octanol–water partition coefficient (Wildman–Crippen LogP) is 2.90. The van der Waals surface area contributed by atoms with E-state index in [1.165, 1.54) is 0 Å². The Labute approximate surface area is 79.5 Å². The topological polar surface area (TPSA) is 35.9 Å². The first-order valence-corrected chi connectivity index (χ1v) is 4.63. The number of benzene rings is 1. The first kappa shape index (κ1) is 9.78. The van der Waals surface area contributed by atoms with Crippen LogP contribution < -0.4 is 5.32 Å². The van der Waals surface area contributed by atoms with Crippen LogP contribution in [0.5, 0.6) is 0 Å². The van der Waals surface area contributed by atoms with Gasteiger partial charge in [0.25, 0.3) is 0 Å². The van der Waals surface area contributed by atoms with Crippen molar-refractivity contribution in [3.8, 4) is 0 Å². The molecule has 1 rings (SSSR count). The molecule has 0 bridgehead atoms. The van der Waals surface area contributed by atoms with E-state index in [0.717, 1.165) is 29.8 Å². The minimum Gasteiger partial charge on any atom is -0.388 e. The fourth-order valence-corrected chi connectivity index (χ4v) is 1.26. The third-order valence-electron chi connectivity index (χ3n) is 2.00. The Morgan fingerprint density at radius 1 is 1.46 bits per heavy atom. The lowest BCUT2D eigenvalue weighted by Crippen LogP contribution is -1.99. The third kappa shape index (κ3) is 2.58. The van der Waals surface area contributed by atoms with Crippen LogP contribution >= 0.6 is 0 Å². The summed E-state index contributed by atoms with van der Waals surface area (Å²) in [6, 6.07) is 7.98. The Bertz CT molecular complexity index is 292. The van der Waals surface area contributed by atoms with Crippen molar-refractivity contribution in [2.24, 2.45) is 0 Å². The van der Waals surface area contributed by atoms with Crippen LogP contribution in [0.4, 0.5) is 5.69 Å². The summed E-state index contributed by atoms with van der Waals surface area (Å²) in [4.78, 5) is 0. The van der Waals surface area contributed by atoms with Crippen molar-refractivity contribution < 1.29 is 0 Å². The second-order valence-corrected chi connectivity index (χ2v) is 3.06. The summed E-state index contributed by atoms with van der Waals surface area (Å²) in [7, 11) is 1.89. The Kier molecular flexibility index (Phi) is 3.50. The molecule has 2 nitrogen and oxygen atoms in total. The molecule has 0 radical (unpaired) electrons. The summed E-state index contributed by atoms with van der Waals surface area (Å²) < 4.78 is 0. The van der Waals surface area contributed by atoms with Crippen molar-refractivity contribution in [3.05, 3.63) is 29.8 Å². The molecule has 2 N–H and O–H groups in total. The summed E-state index contributed by atoms with van der Waals surface area (Å²) in [6.07, 6.45) is 1.88. The molecular weight excluding hydrogens is 160 g/mol. The van der Waals surface area contributed by atoms with Gasteiger partial charge in [-0.15, -0.1) is 0 Å². The molecule has 0 aliphatic heterocycles. The summed E-state index contributed by atoms with van der Waals surface area (Å²) in [5.74, 6) is 0. The lowest BCUT2D eigenvalue weighted by molar-refractivity contribution is 0.986. The molecule has 0 heterocycles. The van der Waals surface area contributed by atoms with Crippen LogP contribution in [0.15, 0.2) is 24.3 Å². The van der Waals surface area contributed by atoms with Crippen LogP contribution in [0.2, 0.25) is 0 Å². The molecule has 0 aliphatic carbocycles. The molecular formula is C11H16N2. The summed E-state index contributed by atoms with van der Waals surface area (Å²) in [5, 5.41) is 10.8. The van der Waals surface area contributed by atoms with Gasteiger partial charge in [-0.3, -0.25) is 0 Å². The van der Waals surface area contributed by atoms with Crippen molar-refractivity contribution in [3.63, 3.8) is 0 Å². The largest absolute Gasteiger partial charge is 0.388 e. The number of hydrogen-bond acceptors (Lipinski definition) is 2. The van der Waals surface area contributed by atoms with Crippen molar-refractivity contribution in [2.75, 3.05) is 12.4 Å². The molecule has 1 aromatic carbocycles. The summed E-state index contributed by atoms with van der Waals surface area (Å²) >= 11 is 0. The van der Waals surface area contributed by atoms with Gasteiger partial charge in [0.15, 0.2) is 0 Å². The van der Waals surface area contributed by atoms with E-state index in [4.69, 9.17) is 5.41 Å². The number of hydrogen-bond donors (Lipinski definition) is 2. The van der Waals surface area contributed by atoms with E-state index in [2.05, 4.69) is 12.2 Å². The Hall–Kier alpha value is -1.31. The first-order valence-electron chi connectivity index (χ1n) is 4.63. The minimum absolute atomic E-state index is 0.722. The normalized spacial score (nSPS) is 9.69. The molecule has 70 valence electrons. The molecule has 2 heteroatoms. The van der Waals surface area contributed by atoms with Gasteiger partial charge in [-0.2, -0.15) is 0 Å². The van der Waals surface area contributed by atoms with Gasteiger partial charge in [-0.1, -0.05) is 25.5 Å². The van der Waals surface area contributed by atoms with Crippen LogP contribution in [0.1, 0.15) is 25.3 Å². The van der Waals surface area contributed by atoms with E-state index >= 15 is 0 Å². The monoisotopic (exact) mass is 176 g/mol. The first-order chi connectivity index (χ1) is 6.27. The molecule has 1 aromatic rings. The zero-order chi connectivity index (χ0) is 9.68. The third-order valence-corrected chi connectivity index (χ3v) is 2.00. The van der Waals surface area contributed by atoms with Crippen molar-refractivity contribution in [1.29, 1.82) is 5.41 Å². The Morgan fingerprint density at radius 3 is 2.85 bits per heavy atom. The van der Waals surface area contributed by atoms with Crippen LogP contribution in [0, 0.1) is 5.41 Å². The molecule has 0 fully saturated rings. The van der Waals surface area contributed by atoms with Gasteiger partial charge in [0.1, 0.15) is 0 Å². The lowest BCUT2D eigenvalue weighted by atomic mass is 10.1. The predicted molar refractivity (Wildman–Crippen MR) is 57.7 cm³/mol. The molecule has 0 aromatic heterocycles. The highest BCUT2D eigenvalue weighted by atomic mass is 14.8. The molecule has 13 heavy (non-hydrogen) atoms. The average molecular weight is 176 g/mol. The second kappa shape index (κ2) is 4.65. The van der Waals surface area contributed by atoms with E-state index in [1.807, 2.05) is 31.3 Å². The molecule has 0 aliphatic rings. The van der Waals surface area contributed by atoms with Crippen LogP contribution in [-0.2, 0) is 0 Å². The Morgan fingerprint density at radius 2 is 2.23 bits per heavy atom. The van der Waals surface area contributed by atoms with Crippen molar-refractivity contribution in [2.45, 2.75) is 19.8 Å². The van der Waals surface area contributed by atoms with Crippen LogP contribution in [-0.4, -0.2) is 12.8 Å². The highest BCUT2D eigenvalue weighted by Crippen LogP contribution is 2.11. The van der Waals surface area contributed by atoms with Gasteiger partial charge in [0.2, 0.25) is 0 Å². The lowest BCUT2D eigenvalue weighted by Gasteiger charge is -2.05. The number of rotatable bonds is 4. The minimum atomic E-state index is 0.722. The van der Waals surface area contributed by atoms with E-state index < -0.39 is 0 Å².